The molecule has 45 heavy (non-hydrogen) atoms. The molecule has 8 heteroatoms. The van der Waals surface area contributed by atoms with Crippen molar-refractivity contribution >= 4 is 23.9 Å². The lowest BCUT2D eigenvalue weighted by Crippen LogP contribution is -2.52. The van der Waals surface area contributed by atoms with Crippen LogP contribution in [-0.2, 0) is 31.0 Å². The van der Waals surface area contributed by atoms with Crippen LogP contribution < -0.4 is 0 Å². The number of hydrogen-bond donors (Lipinski definition) is 0. The minimum Gasteiger partial charge on any atom is -0.466 e. The maximum absolute atomic E-state index is 13.5. The average molecular weight is 606 g/mol. The van der Waals surface area contributed by atoms with Crippen molar-refractivity contribution in [1.29, 1.82) is 0 Å². The molecule has 0 radical (unpaired) electrons. The van der Waals surface area contributed by atoms with Gasteiger partial charge in [-0.2, -0.15) is 9.78 Å². The third kappa shape index (κ3) is 6.97. The Labute approximate surface area is 264 Å². The zero-order valence-corrected chi connectivity index (χ0v) is 26.2. The highest BCUT2D eigenvalue weighted by molar-refractivity contribution is 6.00. The minimum atomic E-state index is -0.766. The Hall–Kier alpha value is -4.82. The zero-order chi connectivity index (χ0) is 32.0. The van der Waals surface area contributed by atoms with E-state index in [-0.39, 0.29) is 18.8 Å². The molecular formula is C37H39N3O5. The van der Waals surface area contributed by atoms with E-state index in [1.807, 2.05) is 54.6 Å². The van der Waals surface area contributed by atoms with Gasteiger partial charge in [-0.3, -0.25) is 14.5 Å². The van der Waals surface area contributed by atoms with E-state index in [0.717, 1.165) is 21.4 Å². The van der Waals surface area contributed by atoms with Gasteiger partial charge in [-0.25, -0.2) is 4.79 Å². The lowest BCUT2D eigenvalue weighted by atomic mass is 9.74. The Bertz CT molecular complexity index is 1570. The van der Waals surface area contributed by atoms with Crippen molar-refractivity contribution in [2.45, 2.75) is 51.7 Å². The molecule has 3 aromatic carbocycles. The average Bonchev–Trinajstić information content (AvgIpc) is 3.42. The van der Waals surface area contributed by atoms with Crippen LogP contribution in [0.1, 0.15) is 62.2 Å². The van der Waals surface area contributed by atoms with Crippen molar-refractivity contribution in [2.24, 2.45) is 0 Å². The first-order valence-corrected chi connectivity index (χ1v) is 15.2. The summed E-state index contributed by atoms with van der Waals surface area (Å²) in [7, 11) is 0. The zero-order valence-electron chi connectivity index (χ0n) is 26.2. The summed E-state index contributed by atoms with van der Waals surface area (Å²) in [5, 5.41) is 4.48. The van der Waals surface area contributed by atoms with Crippen molar-refractivity contribution in [3.05, 3.63) is 131 Å². The maximum atomic E-state index is 13.5. The van der Waals surface area contributed by atoms with Crippen molar-refractivity contribution < 1.29 is 23.9 Å². The number of ether oxygens (including phenoxy) is 2. The second kappa shape index (κ2) is 13.4. The molecule has 1 fully saturated rings. The fourth-order valence-corrected chi connectivity index (χ4v) is 5.91. The molecule has 0 spiro atoms. The smallest absolute Gasteiger partial charge is 0.435 e. The molecule has 0 amide bonds. The molecule has 0 unspecified atom stereocenters. The Kier molecular flexibility index (Phi) is 9.44. The molecule has 0 N–H and O–H groups in total. The van der Waals surface area contributed by atoms with Crippen LogP contribution in [-0.4, -0.2) is 57.8 Å². The number of piperidine rings is 1. The Morgan fingerprint density at radius 3 is 1.89 bits per heavy atom. The number of Topliss-reactive ketones (excluding diaryl/α,β-unsaturated/α-hetero) is 1. The second-order valence-corrected chi connectivity index (χ2v) is 12.0. The number of esters is 1. The van der Waals surface area contributed by atoms with Gasteiger partial charge in [0.2, 0.25) is 0 Å². The van der Waals surface area contributed by atoms with Gasteiger partial charge in [0.05, 0.1) is 30.0 Å². The first kappa shape index (κ1) is 31.6. The van der Waals surface area contributed by atoms with Crippen molar-refractivity contribution in [3.63, 3.8) is 0 Å². The van der Waals surface area contributed by atoms with E-state index in [1.165, 1.54) is 0 Å². The van der Waals surface area contributed by atoms with Crippen LogP contribution in [0.25, 0.3) is 6.08 Å². The Morgan fingerprint density at radius 1 is 0.867 bits per heavy atom. The number of likely N-dealkylation sites (tertiary alicyclic amines) is 1. The van der Waals surface area contributed by atoms with Crippen molar-refractivity contribution in [1.82, 2.24) is 14.7 Å². The first-order chi connectivity index (χ1) is 21.6. The molecule has 1 aliphatic rings. The number of rotatable bonds is 8. The van der Waals surface area contributed by atoms with Crippen LogP contribution in [0, 0.1) is 0 Å². The van der Waals surface area contributed by atoms with Gasteiger partial charge in [-0.15, -0.1) is 0 Å². The third-order valence-corrected chi connectivity index (χ3v) is 7.70. The third-order valence-electron chi connectivity index (χ3n) is 7.70. The van der Waals surface area contributed by atoms with Gasteiger partial charge in [0, 0.05) is 25.1 Å². The summed E-state index contributed by atoms with van der Waals surface area (Å²) in [6.07, 6.45) is 1.15. The monoisotopic (exact) mass is 605 g/mol. The summed E-state index contributed by atoms with van der Waals surface area (Å²) in [6, 6.07) is 32.7. The maximum Gasteiger partial charge on any atom is 0.435 e. The van der Waals surface area contributed by atoms with E-state index < -0.39 is 23.2 Å². The topological polar surface area (TPSA) is 90.7 Å². The van der Waals surface area contributed by atoms with Gasteiger partial charge in [0.15, 0.2) is 5.78 Å². The number of aromatic nitrogens is 2. The van der Waals surface area contributed by atoms with Crippen LogP contribution in [0.5, 0.6) is 0 Å². The van der Waals surface area contributed by atoms with Crippen LogP contribution in [0.3, 0.4) is 0 Å². The van der Waals surface area contributed by atoms with Gasteiger partial charge < -0.3 is 9.47 Å². The summed E-state index contributed by atoms with van der Waals surface area (Å²) in [4.78, 5) is 41.3. The van der Waals surface area contributed by atoms with Gasteiger partial charge in [0.25, 0.3) is 0 Å². The number of benzene rings is 3. The molecule has 5 rings (SSSR count). The van der Waals surface area contributed by atoms with Crippen LogP contribution in [0.2, 0.25) is 0 Å². The van der Waals surface area contributed by atoms with Crippen LogP contribution >= 0.6 is 0 Å². The molecule has 2 heterocycles. The van der Waals surface area contributed by atoms with Crippen molar-refractivity contribution in [3.8, 4) is 0 Å². The highest BCUT2D eigenvalue weighted by Gasteiger charge is 2.44. The predicted octanol–water partition coefficient (Wildman–Crippen LogP) is 6.42. The Morgan fingerprint density at radius 2 is 1.40 bits per heavy atom. The van der Waals surface area contributed by atoms with Gasteiger partial charge in [0.1, 0.15) is 5.60 Å². The van der Waals surface area contributed by atoms with E-state index in [1.54, 1.807) is 39.8 Å². The van der Waals surface area contributed by atoms with Gasteiger partial charge in [-0.05, 0) is 56.5 Å². The number of carbonyl (C=O) groups is 3. The summed E-state index contributed by atoms with van der Waals surface area (Å²) < 4.78 is 11.8. The summed E-state index contributed by atoms with van der Waals surface area (Å²) in [5.41, 5.74) is 3.07. The largest absolute Gasteiger partial charge is 0.466 e. The highest BCUT2D eigenvalue weighted by atomic mass is 16.6. The van der Waals surface area contributed by atoms with Gasteiger partial charge >= 0.3 is 12.1 Å². The lowest BCUT2D eigenvalue weighted by molar-refractivity contribution is -0.142. The van der Waals surface area contributed by atoms with E-state index in [4.69, 9.17) is 9.47 Å². The van der Waals surface area contributed by atoms with E-state index in [0.29, 0.717) is 36.5 Å². The van der Waals surface area contributed by atoms with Crippen LogP contribution in [0.15, 0.2) is 103 Å². The molecule has 4 aromatic rings. The summed E-state index contributed by atoms with van der Waals surface area (Å²) in [5.74, 6) is -0.479. The first-order valence-electron chi connectivity index (χ1n) is 15.2. The molecule has 232 valence electrons. The normalized spacial score (nSPS) is 15.2. The second-order valence-electron chi connectivity index (χ2n) is 12.0. The molecule has 1 saturated heterocycles. The van der Waals surface area contributed by atoms with Crippen LogP contribution in [0.4, 0.5) is 4.79 Å². The number of ketones is 1. The highest BCUT2D eigenvalue weighted by Crippen LogP contribution is 2.44. The van der Waals surface area contributed by atoms with E-state index >= 15 is 0 Å². The SMILES string of the molecule is CCOC(=O)Cc1cc(/C=C2/CN(C(c3ccccc3)(c3ccccc3)c3ccccc3)CCC2=O)nn1C(=O)OC(C)(C)C. The molecule has 1 aliphatic heterocycles. The van der Waals surface area contributed by atoms with E-state index in [2.05, 4.69) is 46.4 Å². The Balaban J connectivity index is 1.60. The predicted molar refractivity (Wildman–Crippen MR) is 173 cm³/mol. The molecular weight excluding hydrogens is 566 g/mol. The minimum absolute atomic E-state index is 0.00750. The van der Waals surface area contributed by atoms with Gasteiger partial charge in [-0.1, -0.05) is 91.0 Å². The molecule has 0 atom stereocenters. The molecule has 1 aromatic heterocycles. The molecule has 0 saturated carbocycles. The van der Waals surface area contributed by atoms with E-state index in [9.17, 15) is 14.4 Å². The number of carbonyl (C=O) groups excluding carboxylic acids is 3. The lowest BCUT2D eigenvalue weighted by Gasteiger charge is -2.47. The fraction of sp³-hybridized carbons (Fsp3) is 0.297. The number of nitrogens with zero attached hydrogens (tertiary/aromatic N) is 3. The summed E-state index contributed by atoms with van der Waals surface area (Å²) >= 11 is 0. The molecule has 8 nitrogen and oxygen atoms in total. The van der Waals surface area contributed by atoms with Crippen molar-refractivity contribution in [2.75, 3.05) is 19.7 Å². The number of hydrogen-bond acceptors (Lipinski definition) is 7. The summed E-state index contributed by atoms with van der Waals surface area (Å²) in [6.45, 7) is 8.09. The quantitative estimate of drug-likeness (QED) is 0.130. The fourth-order valence-electron chi connectivity index (χ4n) is 5.91. The molecule has 0 aliphatic carbocycles. The molecule has 0 bridgehead atoms. The standard InChI is InChI=1S/C37H39N3O5/c1-5-44-34(42)25-32-24-31(38-40(32)35(43)45-36(2,3)4)23-27-26-39(22-21-33(27)41)37(28-15-9-6-10-16-28,29-17-11-7-12-18-29)30-19-13-8-14-20-30/h6-20,23-24H,5,21-22,25-26H2,1-4H3/b27-23-.